The maximum absolute atomic E-state index is 12.7. The number of anilines is 1. The third kappa shape index (κ3) is 4.72. The molecule has 2 N–H and O–H groups in total. The Morgan fingerprint density at radius 2 is 1.60 bits per heavy atom. The maximum atomic E-state index is 12.7. The van der Waals surface area contributed by atoms with Crippen LogP contribution in [0.4, 0.5) is 5.69 Å². The monoisotopic (exact) mass is 410 g/mol. The molecular weight excluding hydrogens is 388 g/mol. The Morgan fingerprint density at radius 1 is 0.867 bits per heavy atom. The molecule has 0 atom stereocenters. The molecule has 1 aromatic heterocycles. The molecule has 156 valence electrons. The highest BCUT2D eigenvalue weighted by molar-refractivity contribution is 6.06. The second kappa shape index (κ2) is 9.51. The Labute approximate surface area is 173 Å². The molecule has 3 aromatic rings. The largest absolute Gasteiger partial charge is 0.493 e. The molecule has 8 heteroatoms. The van der Waals surface area contributed by atoms with Gasteiger partial charge in [0.2, 0.25) is 5.75 Å². The van der Waals surface area contributed by atoms with E-state index in [1.807, 2.05) is 0 Å². The van der Waals surface area contributed by atoms with E-state index < -0.39 is 0 Å². The Morgan fingerprint density at radius 3 is 2.20 bits per heavy atom. The van der Waals surface area contributed by atoms with Crippen LogP contribution in [0.25, 0.3) is 0 Å². The average molecular weight is 410 g/mol. The Hall–Kier alpha value is -3.94. The molecule has 0 fully saturated rings. The smallest absolute Gasteiger partial charge is 0.255 e. The molecule has 3 rings (SSSR count). The van der Waals surface area contributed by atoms with Gasteiger partial charge in [-0.05, 0) is 42.5 Å². The number of amides is 2. The highest BCUT2D eigenvalue weighted by atomic mass is 16.5. The number of furan rings is 1. The first-order valence-electron chi connectivity index (χ1n) is 9.07. The summed E-state index contributed by atoms with van der Waals surface area (Å²) in [6.07, 6.45) is 1.54. The van der Waals surface area contributed by atoms with E-state index >= 15 is 0 Å². The van der Waals surface area contributed by atoms with Crippen molar-refractivity contribution >= 4 is 17.5 Å². The van der Waals surface area contributed by atoms with Crippen LogP contribution < -0.4 is 24.8 Å². The molecule has 0 unspecified atom stereocenters. The zero-order valence-electron chi connectivity index (χ0n) is 16.9. The molecule has 1 heterocycles. The molecular formula is C22H22N2O6. The zero-order valence-corrected chi connectivity index (χ0v) is 16.9. The van der Waals surface area contributed by atoms with Crippen LogP contribution in [0.3, 0.4) is 0 Å². The molecule has 0 saturated heterocycles. The SMILES string of the molecule is COc1cc(C(=O)Nc2cccc(C(=O)NCc3ccco3)c2)cc(OC)c1OC. The number of rotatable bonds is 8. The third-order valence-corrected chi connectivity index (χ3v) is 4.31. The van der Waals surface area contributed by atoms with Crippen molar-refractivity contribution in [3.05, 3.63) is 71.7 Å². The van der Waals surface area contributed by atoms with E-state index in [0.717, 1.165) is 0 Å². The van der Waals surface area contributed by atoms with E-state index in [2.05, 4.69) is 10.6 Å². The number of methoxy groups -OCH3 is 3. The lowest BCUT2D eigenvalue weighted by molar-refractivity contribution is 0.0946. The van der Waals surface area contributed by atoms with Crippen molar-refractivity contribution in [1.82, 2.24) is 5.32 Å². The highest BCUT2D eigenvalue weighted by Gasteiger charge is 2.17. The number of carbonyl (C=O) groups is 2. The lowest BCUT2D eigenvalue weighted by Crippen LogP contribution is -2.22. The maximum Gasteiger partial charge on any atom is 0.255 e. The van der Waals surface area contributed by atoms with Crippen LogP contribution in [0.1, 0.15) is 26.5 Å². The topological polar surface area (TPSA) is 99.0 Å². The number of benzene rings is 2. The molecule has 2 amide bonds. The normalized spacial score (nSPS) is 10.2. The molecule has 0 aliphatic heterocycles. The zero-order chi connectivity index (χ0) is 21.5. The van der Waals surface area contributed by atoms with Crippen LogP contribution in [-0.2, 0) is 6.54 Å². The van der Waals surface area contributed by atoms with Gasteiger partial charge in [-0.2, -0.15) is 0 Å². The first-order valence-corrected chi connectivity index (χ1v) is 9.07. The molecule has 0 spiro atoms. The van der Waals surface area contributed by atoms with Crippen molar-refractivity contribution in [1.29, 1.82) is 0 Å². The summed E-state index contributed by atoms with van der Waals surface area (Å²) in [6, 6.07) is 13.3. The number of ether oxygens (including phenoxy) is 3. The van der Waals surface area contributed by atoms with E-state index in [9.17, 15) is 9.59 Å². The minimum atomic E-state index is -0.387. The fourth-order valence-electron chi connectivity index (χ4n) is 2.84. The van der Waals surface area contributed by atoms with E-state index in [4.69, 9.17) is 18.6 Å². The van der Waals surface area contributed by atoms with Crippen molar-refractivity contribution in [2.45, 2.75) is 6.54 Å². The Kier molecular flexibility index (Phi) is 6.59. The standard InChI is InChI=1S/C22H22N2O6/c1-27-18-11-15(12-19(28-2)20(18)29-3)22(26)24-16-7-4-6-14(10-16)21(25)23-13-17-8-5-9-30-17/h4-12H,13H2,1-3H3,(H,23,25)(H,24,26). The van der Waals surface area contributed by atoms with Gasteiger partial charge in [0.1, 0.15) is 5.76 Å². The van der Waals surface area contributed by atoms with Crippen molar-refractivity contribution in [3.63, 3.8) is 0 Å². The van der Waals surface area contributed by atoms with Gasteiger partial charge in [0.05, 0.1) is 34.1 Å². The summed E-state index contributed by atoms with van der Waals surface area (Å²) in [5.74, 6) is 1.11. The van der Waals surface area contributed by atoms with E-state index in [0.29, 0.717) is 39.8 Å². The van der Waals surface area contributed by atoms with Crippen LogP contribution >= 0.6 is 0 Å². The van der Waals surface area contributed by atoms with E-state index in [1.54, 1.807) is 54.8 Å². The second-order valence-corrected chi connectivity index (χ2v) is 6.21. The summed E-state index contributed by atoms with van der Waals surface area (Å²) in [7, 11) is 4.44. The van der Waals surface area contributed by atoms with Crippen molar-refractivity contribution in [3.8, 4) is 17.2 Å². The van der Waals surface area contributed by atoms with Gasteiger partial charge in [0, 0.05) is 16.8 Å². The molecule has 30 heavy (non-hydrogen) atoms. The van der Waals surface area contributed by atoms with Gasteiger partial charge in [-0.1, -0.05) is 6.07 Å². The molecule has 0 radical (unpaired) electrons. The summed E-state index contributed by atoms with van der Waals surface area (Å²) in [5, 5.41) is 5.54. The van der Waals surface area contributed by atoms with Gasteiger partial charge >= 0.3 is 0 Å². The van der Waals surface area contributed by atoms with Crippen LogP contribution in [0.15, 0.2) is 59.2 Å². The molecule has 8 nitrogen and oxygen atoms in total. The number of nitrogens with one attached hydrogen (secondary N) is 2. The van der Waals surface area contributed by atoms with Crippen LogP contribution in [0, 0.1) is 0 Å². The number of carbonyl (C=O) groups excluding carboxylic acids is 2. The summed E-state index contributed by atoms with van der Waals surface area (Å²) in [5.41, 5.74) is 1.20. The highest BCUT2D eigenvalue weighted by Crippen LogP contribution is 2.38. The van der Waals surface area contributed by atoms with Crippen LogP contribution in [0.5, 0.6) is 17.2 Å². The third-order valence-electron chi connectivity index (χ3n) is 4.31. The van der Waals surface area contributed by atoms with Gasteiger partial charge in [-0.15, -0.1) is 0 Å². The quantitative estimate of drug-likeness (QED) is 0.590. The van der Waals surface area contributed by atoms with E-state index in [-0.39, 0.29) is 18.4 Å². The first kappa shape index (κ1) is 20.8. The molecule has 2 aromatic carbocycles. The van der Waals surface area contributed by atoms with Gasteiger partial charge in [-0.3, -0.25) is 9.59 Å². The van der Waals surface area contributed by atoms with Crippen molar-refractivity contribution < 1.29 is 28.2 Å². The first-order chi connectivity index (χ1) is 14.5. The van der Waals surface area contributed by atoms with Crippen LogP contribution in [-0.4, -0.2) is 33.1 Å². The molecule has 0 aliphatic rings. The van der Waals surface area contributed by atoms with Crippen molar-refractivity contribution in [2.75, 3.05) is 26.6 Å². The number of hydrogen-bond acceptors (Lipinski definition) is 6. The van der Waals surface area contributed by atoms with Gasteiger partial charge < -0.3 is 29.3 Å². The van der Waals surface area contributed by atoms with E-state index in [1.165, 1.54) is 21.3 Å². The fourth-order valence-corrected chi connectivity index (χ4v) is 2.84. The molecule has 0 bridgehead atoms. The van der Waals surface area contributed by atoms with Crippen LogP contribution in [0.2, 0.25) is 0 Å². The average Bonchev–Trinajstić information content (AvgIpc) is 3.30. The van der Waals surface area contributed by atoms with Gasteiger partial charge in [0.25, 0.3) is 11.8 Å². The Bertz CT molecular complexity index is 1000. The lowest BCUT2D eigenvalue weighted by Gasteiger charge is -2.14. The van der Waals surface area contributed by atoms with Gasteiger partial charge in [-0.25, -0.2) is 0 Å². The van der Waals surface area contributed by atoms with Gasteiger partial charge in [0.15, 0.2) is 11.5 Å². The molecule has 0 saturated carbocycles. The summed E-state index contributed by atoms with van der Waals surface area (Å²) < 4.78 is 21.0. The summed E-state index contributed by atoms with van der Waals surface area (Å²) in [4.78, 5) is 25.1. The summed E-state index contributed by atoms with van der Waals surface area (Å²) in [6.45, 7) is 0.272. The summed E-state index contributed by atoms with van der Waals surface area (Å²) >= 11 is 0. The lowest BCUT2D eigenvalue weighted by atomic mass is 10.1. The molecule has 0 aliphatic carbocycles. The van der Waals surface area contributed by atoms with Crippen molar-refractivity contribution in [2.24, 2.45) is 0 Å². The fraction of sp³-hybridized carbons (Fsp3) is 0.182. The Balaban J connectivity index is 1.74. The number of hydrogen-bond donors (Lipinski definition) is 2. The minimum absolute atomic E-state index is 0.272. The predicted octanol–water partition coefficient (Wildman–Crippen LogP) is 3.49. The predicted molar refractivity (Wildman–Crippen MR) is 110 cm³/mol. The minimum Gasteiger partial charge on any atom is -0.493 e. The second-order valence-electron chi connectivity index (χ2n) is 6.21.